The van der Waals surface area contributed by atoms with Crippen molar-refractivity contribution in [1.82, 2.24) is 19.4 Å². The molecular weight excluding hydrogens is 686 g/mol. The van der Waals surface area contributed by atoms with E-state index in [0.717, 1.165) is 30.0 Å². The Kier molecular flexibility index (Phi) is 11.8. The molecule has 0 saturated carbocycles. The van der Waals surface area contributed by atoms with Crippen LogP contribution in [0.5, 0.6) is 0 Å². The summed E-state index contributed by atoms with van der Waals surface area (Å²) in [5.41, 5.74) is 0.147. The standard InChI is InChI=1S/C36H46F2N4O8S/c1-23(43)34(44)42(20-26-19-41(35(45)49-36(2,3)4)22-31(26)50-51(5,46)47)32(25-13-15-48-16-14-25)33-39-30(28-17-27(37)11-12-29(28)38)21-40(33)18-24-9-7-6-8-10-24/h6-12,17,21,23,25-26,31-32,43H,13-16,18-20,22H2,1-5H3. The Morgan fingerprint density at radius 1 is 1.10 bits per heavy atom. The summed E-state index contributed by atoms with van der Waals surface area (Å²) in [5, 5.41) is 10.8. The fourth-order valence-electron chi connectivity index (χ4n) is 6.69. The number of aliphatic hydroxyl groups excluding tert-OH is 1. The van der Waals surface area contributed by atoms with Gasteiger partial charge in [0.25, 0.3) is 16.0 Å². The molecule has 2 aromatic carbocycles. The number of likely N-dealkylation sites (tertiary alicyclic amines) is 1. The molecule has 0 bridgehead atoms. The van der Waals surface area contributed by atoms with Gasteiger partial charge in [-0.1, -0.05) is 30.3 Å². The van der Waals surface area contributed by atoms with E-state index in [1.54, 1.807) is 31.5 Å². The van der Waals surface area contributed by atoms with Crippen LogP contribution in [0.1, 0.15) is 58.0 Å². The maximum Gasteiger partial charge on any atom is 0.410 e. The molecule has 2 fully saturated rings. The quantitative estimate of drug-likeness (QED) is 0.276. The molecule has 15 heteroatoms. The van der Waals surface area contributed by atoms with Crippen LogP contribution in [0.4, 0.5) is 13.6 Å². The number of imidazole rings is 1. The second-order valence-electron chi connectivity index (χ2n) is 14.3. The van der Waals surface area contributed by atoms with E-state index in [9.17, 15) is 27.5 Å². The van der Waals surface area contributed by atoms with E-state index in [2.05, 4.69) is 0 Å². The third kappa shape index (κ3) is 9.90. The van der Waals surface area contributed by atoms with Gasteiger partial charge in [-0.15, -0.1) is 0 Å². The molecule has 4 atom stereocenters. The average Bonchev–Trinajstić information content (AvgIpc) is 3.64. The van der Waals surface area contributed by atoms with E-state index >= 15 is 4.39 Å². The first-order chi connectivity index (χ1) is 24.0. The average molecular weight is 733 g/mol. The van der Waals surface area contributed by atoms with Crippen LogP contribution in [0.2, 0.25) is 0 Å². The number of nitrogens with zero attached hydrogens (tertiary/aromatic N) is 4. The topological polar surface area (TPSA) is 140 Å². The van der Waals surface area contributed by atoms with Crippen LogP contribution in [0, 0.1) is 23.5 Å². The summed E-state index contributed by atoms with van der Waals surface area (Å²) < 4.78 is 73.0. The van der Waals surface area contributed by atoms with E-state index in [1.807, 2.05) is 30.3 Å². The highest BCUT2D eigenvalue weighted by molar-refractivity contribution is 7.86. The van der Waals surface area contributed by atoms with E-state index < -0.39 is 63.5 Å². The minimum absolute atomic E-state index is 0.00258. The molecule has 2 saturated heterocycles. The van der Waals surface area contributed by atoms with Crippen molar-refractivity contribution in [2.75, 3.05) is 39.1 Å². The Morgan fingerprint density at radius 2 is 1.78 bits per heavy atom. The first kappa shape index (κ1) is 38.3. The summed E-state index contributed by atoms with van der Waals surface area (Å²) in [6.07, 6.45) is 0.379. The van der Waals surface area contributed by atoms with Crippen molar-refractivity contribution in [2.24, 2.45) is 11.8 Å². The van der Waals surface area contributed by atoms with Gasteiger partial charge in [0.05, 0.1) is 24.5 Å². The Balaban J connectivity index is 1.63. The van der Waals surface area contributed by atoms with Crippen LogP contribution in [0.25, 0.3) is 11.3 Å². The van der Waals surface area contributed by atoms with E-state index in [4.69, 9.17) is 18.6 Å². The Labute approximate surface area is 297 Å². The highest BCUT2D eigenvalue weighted by atomic mass is 32.2. The van der Waals surface area contributed by atoms with Crippen molar-refractivity contribution in [1.29, 1.82) is 0 Å². The predicted octanol–water partition coefficient (Wildman–Crippen LogP) is 4.77. The summed E-state index contributed by atoms with van der Waals surface area (Å²) in [4.78, 5) is 35.0. The molecule has 0 spiro atoms. The van der Waals surface area contributed by atoms with Gasteiger partial charge in [-0.25, -0.2) is 18.6 Å². The lowest BCUT2D eigenvalue weighted by Gasteiger charge is -2.40. The second-order valence-corrected chi connectivity index (χ2v) is 15.9. The Morgan fingerprint density at radius 3 is 2.41 bits per heavy atom. The molecule has 5 rings (SSSR count). The number of benzene rings is 2. The lowest BCUT2D eigenvalue weighted by molar-refractivity contribution is -0.145. The van der Waals surface area contributed by atoms with Gasteiger partial charge in [-0.05, 0) is 70.2 Å². The minimum Gasteiger partial charge on any atom is -0.444 e. The molecule has 51 heavy (non-hydrogen) atoms. The van der Waals surface area contributed by atoms with Crippen LogP contribution in [0.15, 0.2) is 54.7 Å². The fraction of sp³-hybridized carbons (Fsp3) is 0.528. The SMILES string of the molecule is CC(O)C(=O)N(CC1CN(C(=O)OC(C)(C)C)CC1OS(C)(=O)=O)C(c1nc(-c2cc(F)ccc2F)cn1Cc1ccccc1)C1CCOCC1. The maximum atomic E-state index is 15.2. The Hall–Kier alpha value is -3.92. The molecule has 0 radical (unpaired) electrons. The van der Waals surface area contributed by atoms with Crippen molar-refractivity contribution >= 4 is 22.1 Å². The van der Waals surface area contributed by atoms with Gasteiger partial charge in [-0.3, -0.25) is 8.98 Å². The molecular formula is C36H46F2N4O8S. The zero-order chi connectivity index (χ0) is 37.1. The number of carbonyl (C=O) groups is 2. The van der Waals surface area contributed by atoms with Gasteiger partial charge >= 0.3 is 6.09 Å². The lowest BCUT2D eigenvalue weighted by Crippen LogP contribution is -2.49. The monoisotopic (exact) mass is 732 g/mol. The van der Waals surface area contributed by atoms with Crippen LogP contribution in [-0.4, -0.2) is 102 Å². The molecule has 4 unspecified atom stereocenters. The summed E-state index contributed by atoms with van der Waals surface area (Å²) >= 11 is 0. The number of aliphatic hydroxyl groups is 1. The van der Waals surface area contributed by atoms with Gasteiger partial charge in [0, 0.05) is 50.5 Å². The van der Waals surface area contributed by atoms with Crippen molar-refractivity contribution in [3.05, 3.63) is 77.8 Å². The summed E-state index contributed by atoms with van der Waals surface area (Å²) in [6.45, 7) is 7.28. The van der Waals surface area contributed by atoms with Crippen LogP contribution in [-0.2, 0) is 35.1 Å². The number of amides is 2. The number of ether oxygens (including phenoxy) is 2. The summed E-state index contributed by atoms with van der Waals surface area (Å²) in [7, 11) is -4.00. The number of aromatic nitrogens is 2. The van der Waals surface area contributed by atoms with Crippen LogP contribution >= 0.6 is 0 Å². The fourth-order valence-corrected chi connectivity index (χ4v) is 7.36. The normalized spacial score (nSPS) is 19.9. The number of hydrogen-bond donors (Lipinski definition) is 1. The van der Waals surface area contributed by atoms with E-state index in [1.165, 1.54) is 16.7 Å². The number of carbonyl (C=O) groups excluding carboxylic acids is 2. The maximum absolute atomic E-state index is 15.2. The van der Waals surface area contributed by atoms with Crippen LogP contribution in [0.3, 0.4) is 0 Å². The highest BCUT2D eigenvalue weighted by Crippen LogP contribution is 2.39. The first-order valence-electron chi connectivity index (χ1n) is 17.0. The molecule has 278 valence electrons. The molecule has 0 aliphatic carbocycles. The Bertz CT molecular complexity index is 1790. The van der Waals surface area contributed by atoms with E-state index in [0.29, 0.717) is 31.9 Å². The highest BCUT2D eigenvalue weighted by Gasteiger charge is 2.45. The molecule has 2 amide bonds. The van der Waals surface area contributed by atoms with Gasteiger partial charge < -0.3 is 28.9 Å². The second kappa shape index (κ2) is 15.8. The molecule has 3 heterocycles. The van der Waals surface area contributed by atoms with Gasteiger partial charge in [-0.2, -0.15) is 8.42 Å². The number of rotatable bonds is 11. The van der Waals surface area contributed by atoms with Crippen molar-refractivity contribution in [3.8, 4) is 11.3 Å². The summed E-state index contributed by atoms with van der Waals surface area (Å²) in [5.74, 6) is -2.61. The molecule has 1 aromatic heterocycles. The summed E-state index contributed by atoms with van der Waals surface area (Å²) in [6, 6.07) is 11.7. The van der Waals surface area contributed by atoms with Gasteiger partial charge in [0.1, 0.15) is 35.3 Å². The number of halogens is 2. The third-order valence-electron chi connectivity index (χ3n) is 8.92. The van der Waals surface area contributed by atoms with Crippen molar-refractivity contribution in [2.45, 2.75) is 70.9 Å². The van der Waals surface area contributed by atoms with Crippen molar-refractivity contribution in [3.63, 3.8) is 0 Å². The number of hydrogen-bond acceptors (Lipinski definition) is 9. The lowest BCUT2D eigenvalue weighted by atomic mass is 9.88. The first-order valence-corrected chi connectivity index (χ1v) is 18.8. The zero-order valence-electron chi connectivity index (χ0n) is 29.5. The molecule has 2 aliphatic rings. The largest absolute Gasteiger partial charge is 0.444 e. The van der Waals surface area contributed by atoms with Crippen LogP contribution < -0.4 is 0 Å². The zero-order valence-corrected chi connectivity index (χ0v) is 30.3. The minimum atomic E-state index is -4.00. The van der Waals surface area contributed by atoms with Crippen molar-refractivity contribution < 1.29 is 45.6 Å². The molecule has 1 N–H and O–H groups in total. The molecule has 3 aromatic rings. The third-order valence-corrected chi connectivity index (χ3v) is 9.52. The van der Waals surface area contributed by atoms with Gasteiger partial charge in [0.2, 0.25) is 0 Å². The smallest absolute Gasteiger partial charge is 0.410 e. The molecule has 12 nitrogen and oxygen atoms in total. The van der Waals surface area contributed by atoms with E-state index in [-0.39, 0.29) is 43.4 Å². The van der Waals surface area contributed by atoms with Gasteiger partial charge in [0.15, 0.2) is 0 Å². The molecule has 2 aliphatic heterocycles. The predicted molar refractivity (Wildman–Crippen MR) is 184 cm³/mol.